The molecule has 1 radical (unpaired) electrons. The molecule has 0 amide bonds. The SMILES string of the molecule is O=C(CC1CC2CC[N+]1CC2)c1ccc(Cl)s1. The van der Waals surface area contributed by atoms with Gasteiger partial charge in [-0.15, -0.1) is 11.3 Å². The van der Waals surface area contributed by atoms with E-state index in [1.807, 2.05) is 12.1 Å². The second kappa shape index (κ2) is 4.71. The highest BCUT2D eigenvalue weighted by atomic mass is 35.5. The van der Waals surface area contributed by atoms with Crippen LogP contribution in [0.1, 0.15) is 35.4 Å². The standard InChI is InChI=1S/C13H16ClNOS/c14-13-2-1-12(17-13)11(16)8-10-7-9-3-5-15(10)6-4-9/h1-2,9-10H,3-8H2/q+1. The van der Waals surface area contributed by atoms with Crippen molar-refractivity contribution < 1.29 is 4.79 Å². The zero-order valence-electron chi connectivity index (χ0n) is 9.69. The quantitative estimate of drug-likeness (QED) is 0.610. The molecule has 0 saturated carbocycles. The van der Waals surface area contributed by atoms with Gasteiger partial charge in [-0.3, -0.25) is 4.79 Å². The number of ketones is 1. The van der Waals surface area contributed by atoms with E-state index in [2.05, 4.69) is 4.90 Å². The summed E-state index contributed by atoms with van der Waals surface area (Å²) in [7, 11) is 0. The molecule has 4 heterocycles. The Hall–Kier alpha value is -0.380. The summed E-state index contributed by atoms with van der Waals surface area (Å²) < 4.78 is 0.707. The normalized spacial score (nSPS) is 31.7. The van der Waals surface area contributed by atoms with E-state index in [1.54, 1.807) is 0 Å². The van der Waals surface area contributed by atoms with Gasteiger partial charge in [0.25, 0.3) is 0 Å². The molecule has 1 atom stereocenters. The molecule has 0 spiro atoms. The molecule has 0 aromatic carbocycles. The molecule has 3 aliphatic heterocycles. The fourth-order valence-electron chi connectivity index (χ4n) is 3.08. The van der Waals surface area contributed by atoms with Gasteiger partial charge in [0.2, 0.25) is 0 Å². The van der Waals surface area contributed by atoms with Gasteiger partial charge in [-0.05, 0) is 18.1 Å². The van der Waals surface area contributed by atoms with Crippen LogP contribution >= 0.6 is 22.9 Å². The predicted molar refractivity (Wildman–Crippen MR) is 71.3 cm³/mol. The molecule has 0 aliphatic carbocycles. The second-order valence-electron chi connectivity index (χ2n) is 5.10. The van der Waals surface area contributed by atoms with Gasteiger partial charge in [0.05, 0.1) is 15.6 Å². The average Bonchev–Trinajstić information content (AvgIpc) is 2.77. The summed E-state index contributed by atoms with van der Waals surface area (Å²) in [5, 5.41) is 0. The van der Waals surface area contributed by atoms with E-state index in [0.717, 1.165) is 10.8 Å². The number of hydrogen-bond acceptors (Lipinski definition) is 3. The van der Waals surface area contributed by atoms with Crippen LogP contribution in [-0.2, 0) is 0 Å². The number of nitrogens with zero attached hydrogens (tertiary/aromatic N) is 1. The Bertz CT molecular complexity index is 423. The van der Waals surface area contributed by atoms with Crippen LogP contribution in [0.5, 0.6) is 0 Å². The Balaban J connectivity index is 1.65. The third kappa shape index (κ3) is 2.42. The van der Waals surface area contributed by atoms with Crippen molar-refractivity contribution in [2.75, 3.05) is 13.1 Å². The zero-order valence-corrected chi connectivity index (χ0v) is 11.3. The molecule has 17 heavy (non-hydrogen) atoms. The smallest absolute Gasteiger partial charge is 0.178 e. The lowest BCUT2D eigenvalue weighted by Gasteiger charge is -2.36. The highest BCUT2D eigenvalue weighted by Gasteiger charge is 2.42. The van der Waals surface area contributed by atoms with Crippen molar-refractivity contribution >= 4 is 28.7 Å². The van der Waals surface area contributed by atoms with E-state index >= 15 is 0 Å². The Kier molecular flexibility index (Phi) is 3.24. The number of piperidine rings is 3. The molecule has 3 saturated heterocycles. The molecule has 3 aliphatic rings. The third-order valence-electron chi connectivity index (χ3n) is 4.04. The van der Waals surface area contributed by atoms with Gasteiger partial charge in [0, 0.05) is 19.3 Å². The molecule has 0 N–H and O–H groups in total. The van der Waals surface area contributed by atoms with Crippen molar-refractivity contribution in [1.82, 2.24) is 4.90 Å². The second-order valence-corrected chi connectivity index (χ2v) is 6.82. The summed E-state index contributed by atoms with van der Waals surface area (Å²) in [6, 6.07) is 4.15. The van der Waals surface area contributed by atoms with Crippen LogP contribution in [0.25, 0.3) is 0 Å². The maximum atomic E-state index is 12.1. The molecular formula is C13H16ClNOS+. The van der Waals surface area contributed by atoms with Gasteiger partial charge in [-0.25, -0.2) is 0 Å². The molecule has 4 heteroatoms. The molecule has 1 unspecified atom stereocenters. The topological polar surface area (TPSA) is 23.0 Å². The first kappa shape index (κ1) is 11.7. The van der Waals surface area contributed by atoms with Crippen LogP contribution < -0.4 is 4.90 Å². The molecule has 1 aromatic rings. The first-order valence-electron chi connectivity index (χ1n) is 6.25. The van der Waals surface area contributed by atoms with Gasteiger partial charge in [0.15, 0.2) is 5.78 Å². The summed E-state index contributed by atoms with van der Waals surface area (Å²) in [6.07, 6.45) is 4.54. The van der Waals surface area contributed by atoms with Crippen LogP contribution in [0.2, 0.25) is 4.34 Å². The molecular weight excluding hydrogens is 254 g/mol. The maximum absolute atomic E-state index is 12.1. The zero-order chi connectivity index (χ0) is 11.8. The van der Waals surface area contributed by atoms with Crippen molar-refractivity contribution in [2.24, 2.45) is 5.92 Å². The number of fused-ring (bicyclic) bond motifs is 3. The Labute approximate surface area is 111 Å². The summed E-state index contributed by atoms with van der Waals surface area (Å²) >= 11 is 7.27. The van der Waals surface area contributed by atoms with Gasteiger partial charge in [-0.2, -0.15) is 4.90 Å². The maximum Gasteiger partial charge on any atom is 0.178 e. The van der Waals surface area contributed by atoms with E-state index in [9.17, 15) is 4.79 Å². The molecule has 1 aromatic heterocycles. The fraction of sp³-hybridized carbons (Fsp3) is 0.615. The molecule has 4 rings (SSSR count). The summed E-state index contributed by atoms with van der Waals surface area (Å²) in [5.74, 6) is 1.13. The number of rotatable bonds is 3. The fourth-order valence-corrected chi connectivity index (χ4v) is 4.07. The highest BCUT2D eigenvalue weighted by molar-refractivity contribution is 7.18. The average molecular weight is 270 g/mol. The van der Waals surface area contributed by atoms with Crippen LogP contribution in [0, 0.1) is 5.92 Å². The lowest BCUT2D eigenvalue weighted by atomic mass is 9.81. The van der Waals surface area contributed by atoms with E-state index in [4.69, 9.17) is 11.6 Å². The largest absolute Gasteiger partial charge is 0.293 e. The number of carbonyl (C=O) groups is 1. The third-order valence-corrected chi connectivity index (χ3v) is 5.31. The van der Waals surface area contributed by atoms with Crippen molar-refractivity contribution in [3.05, 3.63) is 21.3 Å². The number of Topliss-reactive ketones (excluding diaryl/α,β-unsaturated/α-hetero) is 1. The van der Waals surface area contributed by atoms with E-state index in [0.29, 0.717) is 16.8 Å². The summed E-state index contributed by atoms with van der Waals surface area (Å²) in [6.45, 7) is 2.38. The van der Waals surface area contributed by atoms with Gasteiger partial charge in [-0.1, -0.05) is 11.6 Å². The van der Waals surface area contributed by atoms with E-state index in [-0.39, 0.29) is 5.78 Å². The first-order chi connectivity index (χ1) is 8.22. The first-order valence-corrected chi connectivity index (χ1v) is 7.44. The molecule has 3 fully saturated rings. The van der Waals surface area contributed by atoms with Gasteiger partial charge < -0.3 is 0 Å². The number of halogens is 1. The molecule has 2 bridgehead atoms. The van der Waals surface area contributed by atoms with Crippen molar-refractivity contribution in [1.29, 1.82) is 0 Å². The molecule has 91 valence electrons. The Morgan fingerprint density at radius 1 is 1.41 bits per heavy atom. The highest BCUT2D eigenvalue weighted by Crippen LogP contribution is 2.32. The van der Waals surface area contributed by atoms with Crippen LogP contribution in [0.3, 0.4) is 0 Å². The monoisotopic (exact) mass is 269 g/mol. The Morgan fingerprint density at radius 3 is 2.71 bits per heavy atom. The van der Waals surface area contributed by atoms with E-state index < -0.39 is 0 Å². The van der Waals surface area contributed by atoms with Crippen LogP contribution in [0.15, 0.2) is 12.1 Å². The van der Waals surface area contributed by atoms with Crippen LogP contribution in [0.4, 0.5) is 0 Å². The minimum absolute atomic E-state index is 0.263. The van der Waals surface area contributed by atoms with Crippen LogP contribution in [-0.4, -0.2) is 24.9 Å². The predicted octanol–water partition coefficient (Wildman–Crippen LogP) is 3.30. The summed E-state index contributed by atoms with van der Waals surface area (Å²) in [4.78, 5) is 15.4. The number of carbonyl (C=O) groups excluding carboxylic acids is 1. The van der Waals surface area contributed by atoms with Gasteiger partial charge >= 0.3 is 0 Å². The minimum Gasteiger partial charge on any atom is -0.293 e. The van der Waals surface area contributed by atoms with Gasteiger partial charge in [0.1, 0.15) is 19.1 Å². The van der Waals surface area contributed by atoms with Crippen molar-refractivity contribution in [3.63, 3.8) is 0 Å². The van der Waals surface area contributed by atoms with Crippen molar-refractivity contribution in [3.8, 4) is 0 Å². The minimum atomic E-state index is 0.263. The number of hydrogen-bond donors (Lipinski definition) is 0. The Morgan fingerprint density at radius 2 is 2.18 bits per heavy atom. The molecule has 2 nitrogen and oxygen atoms in total. The lowest BCUT2D eigenvalue weighted by Crippen LogP contribution is -2.53. The lowest BCUT2D eigenvalue weighted by molar-refractivity contribution is 0.0856. The number of thiophene rings is 1. The van der Waals surface area contributed by atoms with Crippen molar-refractivity contribution in [2.45, 2.75) is 31.7 Å². The summed E-state index contributed by atoms with van der Waals surface area (Å²) in [5.41, 5.74) is 0. The van der Waals surface area contributed by atoms with E-state index in [1.165, 1.54) is 43.7 Å².